The summed E-state index contributed by atoms with van der Waals surface area (Å²) in [5.41, 5.74) is 6.04. The fourth-order valence-corrected chi connectivity index (χ4v) is 9.47. The third-order valence-corrected chi connectivity index (χ3v) is 12.6. The van der Waals surface area contributed by atoms with Gasteiger partial charge in [0, 0.05) is 32.1 Å². The van der Waals surface area contributed by atoms with Crippen molar-refractivity contribution in [3.05, 3.63) is 72.6 Å². The minimum Gasteiger partial charge on any atom is -0.465 e. The van der Waals surface area contributed by atoms with E-state index in [4.69, 9.17) is 4.98 Å². The van der Waals surface area contributed by atoms with Gasteiger partial charge < -0.3 is 29.8 Å². The zero-order valence-corrected chi connectivity index (χ0v) is 33.6. The first kappa shape index (κ1) is 39.3. The SMILES string of the molecule is CCN(CC)C1CCC(C(=O)N2CCC[C@H]2c2ncc(-c3ccc(-c4ccc(-c5cnc([C@@H]6CCCN6C(=O)[C@H](C(C)C)N(C)C(=O)O)[nH]5)cc4)cc3)[nH]2)CC1. The van der Waals surface area contributed by atoms with E-state index in [-0.39, 0.29) is 29.8 Å². The Hall–Kier alpha value is -4.97. The molecule has 3 amide bonds. The number of carbonyl (C=O) groups excluding carboxylic acids is 2. The van der Waals surface area contributed by atoms with Crippen molar-refractivity contribution in [2.45, 2.75) is 103 Å². The molecule has 3 N–H and O–H groups in total. The predicted octanol–water partition coefficient (Wildman–Crippen LogP) is 8.00. The predicted molar refractivity (Wildman–Crippen MR) is 217 cm³/mol. The molecule has 4 aromatic rings. The number of H-pyrrole nitrogens is 2. The van der Waals surface area contributed by atoms with Gasteiger partial charge in [0.15, 0.2) is 0 Å². The van der Waals surface area contributed by atoms with Crippen LogP contribution in [-0.2, 0) is 9.59 Å². The Morgan fingerprint density at radius 1 is 0.732 bits per heavy atom. The molecule has 0 radical (unpaired) electrons. The van der Waals surface area contributed by atoms with Crippen LogP contribution in [0.4, 0.5) is 4.79 Å². The summed E-state index contributed by atoms with van der Waals surface area (Å²) in [4.78, 5) is 63.1. The lowest BCUT2D eigenvalue weighted by molar-refractivity contribution is -0.139. The molecule has 0 unspecified atom stereocenters. The Morgan fingerprint density at radius 2 is 1.20 bits per heavy atom. The van der Waals surface area contributed by atoms with E-state index in [9.17, 15) is 19.5 Å². The van der Waals surface area contributed by atoms with Crippen LogP contribution in [-0.4, -0.2) is 108 Å². The van der Waals surface area contributed by atoms with Gasteiger partial charge in [-0.3, -0.25) is 14.5 Å². The van der Waals surface area contributed by atoms with Crippen molar-refractivity contribution in [3.8, 4) is 33.6 Å². The first-order valence-electron chi connectivity index (χ1n) is 20.7. The van der Waals surface area contributed by atoms with E-state index >= 15 is 0 Å². The summed E-state index contributed by atoms with van der Waals surface area (Å²) in [5.74, 6) is 1.68. The van der Waals surface area contributed by atoms with Gasteiger partial charge in [-0.05, 0) is 92.6 Å². The van der Waals surface area contributed by atoms with Crippen molar-refractivity contribution in [3.63, 3.8) is 0 Å². The van der Waals surface area contributed by atoms with Gasteiger partial charge in [0.25, 0.3) is 0 Å². The zero-order chi connectivity index (χ0) is 39.5. The molecule has 4 heterocycles. The van der Waals surface area contributed by atoms with E-state index in [2.05, 4.69) is 87.1 Å². The Kier molecular flexibility index (Phi) is 11.9. The van der Waals surface area contributed by atoms with Crippen LogP contribution in [0.15, 0.2) is 60.9 Å². The standard InChI is InChI=1S/C44H58N8O4/c1-6-50(7-2)34-22-20-33(21-23-34)42(53)51-24-8-10-37(51)40-45-26-35(47-40)31-16-12-29(13-17-31)30-14-18-32(19-15-30)36-27-46-41(48-36)38-11-9-25-52(38)43(54)39(28(3)4)49(5)44(55)56/h12-19,26-28,33-34,37-39H,6-11,20-25H2,1-5H3,(H,45,47)(H,46,48)(H,55,56)/t33?,34?,37-,38-,39-/m0/s1. The molecule has 56 heavy (non-hydrogen) atoms. The monoisotopic (exact) mass is 762 g/mol. The van der Waals surface area contributed by atoms with Gasteiger partial charge in [-0.15, -0.1) is 0 Å². The average Bonchev–Trinajstić information content (AvgIpc) is 4.05. The van der Waals surface area contributed by atoms with E-state index in [0.717, 1.165) is 115 Å². The number of imidazole rings is 2. The van der Waals surface area contributed by atoms with Crippen LogP contribution in [0.1, 0.15) is 103 Å². The van der Waals surface area contributed by atoms with E-state index < -0.39 is 12.1 Å². The first-order valence-corrected chi connectivity index (χ1v) is 20.7. The van der Waals surface area contributed by atoms with Gasteiger partial charge in [0.1, 0.15) is 17.7 Å². The number of hydrogen-bond donors (Lipinski definition) is 3. The summed E-state index contributed by atoms with van der Waals surface area (Å²) < 4.78 is 0. The topological polar surface area (TPSA) is 142 Å². The van der Waals surface area contributed by atoms with Crippen molar-refractivity contribution in [2.24, 2.45) is 11.8 Å². The van der Waals surface area contributed by atoms with Crippen LogP contribution in [0.25, 0.3) is 33.6 Å². The maximum atomic E-state index is 13.8. The highest BCUT2D eigenvalue weighted by Crippen LogP contribution is 2.37. The van der Waals surface area contributed by atoms with Crippen LogP contribution in [0, 0.1) is 11.8 Å². The lowest BCUT2D eigenvalue weighted by Gasteiger charge is -2.37. The molecular weight excluding hydrogens is 705 g/mol. The molecule has 12 nitrogen and oxygen atoms in total. The van der Waals surface area contributed by atoms with Gasteiger partial charge in [-0.2, -0.15) is 0 Å². The quantitative estimate of drug-likeness (QED) is 0.133. The maximum absolute atomic E-state index is 13.8. The van der Waals surface area contributed by atoms with Gasteiger partial charge in [-0.25, -0.2) is 14.8 Å². The second kappa shape index (κ2) is 17.0. The number of rotatable bonds is 12. The maximum Gasteiger partial charge on any atom is 0.407 e. The highest BCUT2D eigenvalue weighted by molar-refractivity contribution is 5.86. The van der Waals surface area contributed by atoms with Crippen LogP contribution in [0.2, 0.25) is 0 Å². The van der Waals surface area contributed by atoms with Crippen LogP contribution < -0.4 is 0 Å². The largest absolute Gasteiger partial charge is 0.465 e. The molecule has 0 bridgehead atoms. The fourth-order valence-electron chi connectivity index (χ4n) is 9.47. The third-order valence-electron chi connectivity index (χ3n) is 12.6. The Morgan fingerprint density at radius 3 is 1.66 bits per heavy atom. The fraction of sp³-hybridized carbons (Fsp3) is 0.523. The smallest absolute Gasteiger partial charge is 0.407 e. The summed E-state index contributed by atoms with van der Waals surface area (Å²) in [7, 11) is 1.46. The Bertz CT molecular complexity index is 1960. The van der Waals surface area contributed by atoms with Gasteiger partial charge in [0.2, 0.25) is 11.8 Å². The normalized spacial score (nSPS) is 21.9. The molecule has 2 aliphatic heterocycles. The second-order valence-electron chi connectivity index (χ2n) is 16.2. The van der Waals surface area contributed by atoms with E-state index in [1.807, 2.05) is 20.0 Å². The van der Waals surface area contributed by atoms with E-state index in [1.165, 1.54) is 7.05 Å². The molecule has 7 rings (SSSR count). The number of aromatic nitrogens is 4. The summed E-state index contributed by atoms with van der Waals surface area (Å²) in [6.45, 7) is 11.7. The number of benzene rings is 2. The lowest BCUT2D eigenvalue weighted by Crippen LogP contribution is -2.51. The van der Waals surface area contributed by atoms with Gasteiger partial charge in [0.05, 0.1) is 35.9 Å². The minimum absolute atomic E-state index is 0.00292. The van der Waals surface area contributed by atoms with Crippen molar-refractivity contribution < 1.29 is 19.5 Å². The van der Waals surface area contributed by atoms with Crippen molar-refractivity contribution in [1.82, 2.24) is 39.5 Å². The van der Waals surface area contributed by atoms with Crippen molar-refractivity contribution in [2.75, 3.05) is 33.2 Å². The number of carboxylic acid groups (broad SMARTS) is 1. The highest BCUT2D eigenvalue weighted by atomic mass is 16.4. The van der Waals surface area contributed by atoms with E-state index in [1.54, 1.807) is 11.1 Å². The second-order valence-corrected chi connectivity index (χ2v) is 16.2. The molecule has 3 fully saturated rings. The number of amides is 3. The van der Waals surface area contributed by atoms with E-state index in [0.29, 0.717) is 24.3 Å². The van der Waals surface area contributed by atoms with Crippen LogP contribution in [0.5, 0.6) is 0 Å². The Labute approximate surface area is 330 Å². The summed E-state index contributed by atoms with van der Waals surface area (Å²) in [6.07, 6.45) is 10.3. The molecule has 1 saturated carbocycles. The zero-order valence-electron chi connectivity index (χ0n) is 33.6. The third kappa shape index (κ3) is 7.98. The first-order chi connectivity index (χ1) is 27.1. The molecule has 3 atom stereocenters. The lowest BCUT2D eigenvalue weighted by atomic mass is 9.84. The number of likely N-dealkylation sites (tertiary alicyclic amines) is 2. The molecule has 2 aromatic heterocycles. The molecule has 3 aliphatic rings. The number of likely N-dealkylation sites (N-methyl/N-ethyl adjacent to an activating group) is 1. The number of carbonyl (C=O) groups is 3. The van der Waals surface area contributed by atoms with Gasteiger partial charge in [-0.1, -0.05) is 76.2 Å². The van der Waals surface area contributed by atoms with Crippen LogP contribution in [0.3, 0.4) is 0 Å². The molecule has 0 spiro atoms. The molecule has 12 heteroatoms. The number of hydrogen-bond acceptors (Lipinski definition) is 6. The van der Waals surface area contributed by atoms with Crippen molar-refractivity contribution in [1.29, 1.82) is 0 Å². The Balaban J connectivity index is 0.975. The van der Waals surface area contributed by atoms with Gasteiger partial charge >= 0.3 is 6.09 Å². The molecule has 2 aromatic carbocycles. The minimum atomic E-state index is -1.11. The summed E-state index contributed by atoms with van der Waals surface area (Å²) in [5, 5.41) is 9.59. The van der Waals surface area contributed by atoms with Crippen molar-refractivity contribution >= 4 is 17.9 Å². The average molecular weight is 763 g/mol. The molecule has 1 aliphatic carbocycles. The van der Waals surface area contributed by atoms with Crippen LogP contribution >= 0.6 is 0 Å². The molecular formula is C44H58N8O4. The summed E-state index contributed by atoms with van der Waals surface area (Å²) in [6, 6.07) is 16.4. The number of nitrogens with zero attached hydrogens (tertiary/aromatic N) is 6. The molecule has 298 valence electrons. The highest BCUT2D eigenvalue weighted by Gasteiger charge is 2.40. The number of nitrogens with one attached hydrogen (secondary N) is 2. The number of aromatic amines is 2. The summed E-state index contributed by atoms with van der Waals surface area (Å²) >= 11 is 0. The molecule has 2 saturated heterocycles.